The zero-order chi connectivity index (χ0) is 29.4. The first kappa shape index (κ1) is 28.4. The van der Waals surface area contributed by atoms with E-state index >= 15 is 0 Å². The van der Waals surface area contributed by atoms with Crippen molar-refractivity contribution in [3.8, 4) is 17.0 Å². The molecule has 1 unspecified atom stereocenters. The van der Waals surface area contributed by atoms with Crippen molar-refractivity contribution in [2.24, 2.45) is 0 Å². The molecular weight excluding hydrogens is 526 g/mol. The third-order valence-corrected chi connectivity index (χ3v) is 7.05. The maximum Gasteiger partial charge on any atom is 0.410 e. The average Bonchev–Trinajstić information content (AvgIpc) is 3.51. The molecule has 2 aliphatic heterocycles. The van der Waals surface area contributed by atoms with Crippen molar-refractivity contribution in [1.29, 1.82) is 0 Å². The molecule has 0 bridgehead atoms. The summed E-state index contributed by atoms with van der Waals surface area (Å²) in [5, 5.41) is 4.48. The quantitative estimate of drug-likeness (QED) is 0.448. The standard InChI is InChI=1S/C29H39N7O5/c1-20(2)39-25-21(8-7-11-30-25)22-18-31-36-12-9-23(32-24(22)36)33-14-16-34(17-15-33)26(37)41-29(6)10-13-35(19-29)27(38)40-28(3,4)5/h7-9,11-12,18,20H,10,13-17,19H2,1-6H3. The molecule has 2 amide bonds. The third-order valence-electron chi connectivity index (χ3n) is 7.05. The number of hydrogen-bond donors (Lipinski definition) is 0. The summed E-state index contributed by atoms with van der Waals surface area (Å²) in [7, 11) is 0. The first-order valence-electron chi connectivity index (χ1n) is 14.1. The monoisotopic (exact) mass is 565 g/mol. The summed E-state index contributed by atoms with van der Waals surface area (Å²) >= 11 is 0. The minimum absolute atomic E-state index is 0.0165. The van der Waals surface area contributed by atoms with Gasteiger partial charge in [0, 0.05) is 57.1 Å². The highest BCUT2D eigenvalue weighted by atomic mass is 16.6. The van der Waals surface area contributed by atoms with Gasteiger partial charge in [-0.05, 0) is 59.7 Å². The van der Waals surface area contributed by atoms with Gasteiger partial charge in [0.05, 0.1) is 24.4 Å². The van der Waals surface area contributed by atoms with Gasteiger partial charge in [0.1, 0.15) is 17.0 Å². The molecule has 0 N–H and O–H groups in total. The van der Waals surface area contributed by atoms with E-state index in [4.69, 9.17) is 19.2 Å². The number of ether oxygens (including phenoxy) is 3. The van der Waals surface area contributed by atoms with Gasteiger partial charge in [0.25, 0.3) is 0 Å². The Morgan fingerprint density at radius 2 is 1.76 bits per heavy atom. The Morgan fingerprint density at radius 3 is 2.46 bits per heavy atom. The molecule has 2 saturated heterocycles. The van der Waals surface area contributed by atoms with E-state index in [9.17, 15) is 9.59 Å². The predicted octanol–water partition coefficient (Wildman–Crippen LogP) is 4.24. The van der Waals surface area contributed by atoms with Crippen molar-refractivity contribution < 1.29 is 23.8 Å². The van der Waals surface area contributed by atoms with Crippen LogP contribution in [0.2, 0.25) is 0 Å². The van der Waals surface area contributed by atoms with Crippen molar-refractivity contribution in [3.05, 3.63) is 36.8 Å². The van der Waals surface area contributed by atoms with E-state index in [-0.39, 0.29) is 18.3 Å². The topological polar surface area (TPSA) is 115 Å². The fraction of sp³-hybridized carbons (Fsp3) is 0.552. The molecule has 3 aromatic heterocycles. The zero-order valence-electron chi connectivity index (χ0n) is 24.7. The van der Waals surface area contributed by atoms with Crippen molar-refractivity contribution >= 4 is 23.7 Å². The number of fused-ring (bicyclic) bond motifs is 1. The van der Waals surface area contributed by atoms with Crippen LogP contribution < -0.4 is 9.64 Å². The molecule has 2 fully saturated rings. The molecule has 3 aromatic rings. The van der Waals surface area contributed by atoms with Crippen molar-refractivity contribution in [3.63, 3.8) is 0 Å². The first-order chi connectivity index (χ1) is 19.4. The second kappa shape index (κ2) is 11.1. The van der Waals surface area contributed by atoms with Gasteiger partial charge in [-0.15, -0.1) is 0 Å². The van der Waals surface area contributed by atoms with Gasteiger partial charge in [-0.1, -0.05) is 0 Å². The summed E-state index contributed by atoms with van der Waals surface area (Å²) in [6.45, 7) is 14.3. The number of likely N-dealkylation sites (tertiary alicyclic amines) is 1. The van der Waals surface area contributed by atoms with Gasteiger partial charge < -0.3 is 28.9 Å². The number of anilines is 1. The molecule has 0 spiro atoms. The van der Waals surface area contributed by atoms with Gasteiger partial charge in [0.15, 0.2) is 5.65 Å². The molecule has 5 rings (SSSR count). The molecule has 0 aromatic carbocycles. The van der Waals surface area contributed by atoms with Crippen LogP contribution in [0, 0.1) is 0 Å². The normalized spacial score (nSPS) is 19.6. The SMILES string of the molecule is CC(C)Oc1ncccc1-c1cnn2ccc(N3CCN(C(=O)OC4(C)CCN(C(=O)OC(C)(C)C)C4)CC3)nc12. The third kappa shape index (κ3) is 6.47. The second-order valence-corrected chi connectivity index (χ2v) is 12.1. The summed E-state index contributed by atoms with van der Waals surface area (Å²) in [5.74, 6) is 1.35. The predicted molar refractivity (Wildman–Crippen MR) is 153 cm³/mol. The lowest BCUT2D eigenvalue weighted by molar-refractivity contribution is -0.00147. The van der Waals surface area contributed by atoms with E-state index < -0.39 is 11.2 Å². The highest BCUT2D eigenvalue weighted by Crippen LogP contribution is 2.32. The molecule has 2 aliphatic rings. The Labute approximate surface area is 240 Å². The Morgan fingerprint density at radius 1 is 1.00 bits per heavy atom. The Hall–Kier alpha value is -4.09. The van der Waals surface area contributed by atoms with Crippen LogP contribution in [0.4, 0.5) is 15.4 Å². The van der Waals surface area contributed by atoms with Gasteiger partial charge in [-0.3, -0.25) is 0 Å². The lowest BCUT2D eigenvalue weighted by Crippen LogP contribution is -2.51. The van der Waals surface area contributed by atoms with Crippen LogP contribution >= 0.6 is 0 Å². The smallest absolute Gasteiger partial charge is 0.410 e. The average molecular weight is 566 g/mol. The minimum Gasteiger partial charge on any atom is -0.475 e. The van der Waals surface area contributed by atoms with Crippen molar-refractivity contribution in [2.45, 2.75) is 65.3 Å². The van der Waals surface area contributed by atoms with Crippen LogP contribution in [0.3, 0.4) is 0 Å². The number of hydrogen-bond acceptors (Lipinski definition) is 9. The fourth-order valence-corrected chi connectivity index (χ4v) is 5.03. The summed E-state index contributed by atoms with van der Waals surface area (Å²) in [5.41, 5.74) is 1.05. The van der Waals surface area contributed by atoms with Crippen molar-refractivity contribution in [1.82, 2.24) is 29.4 Å². The van der Waals surface area contributed by atoms with Crippen LogP contribution in [0.25, 0.3) is 16.8 Å². The summed E-state index contributed by atoms with van der Waals surface area (Å²) < 4.78 is 19.1. The molecule has 0 radical (unpaired) electrons. The van der Waals surface area contributed by atoms with Crippen molar-refractivity contribution in [2.75, 3.05) is 44.2 Å². The number of aromatic nitrogens is 4. The molecule has 0 saturated carbocycles. The van der Waals surface area contributed by atoms with Gasteiger partial charge >= 0.3 is 12.2 Å². The van der Waals surface area contributed by atoms with Crippen LogP contribution in [-0.4, -0.2) is 98.1 Å². The first-order valence-corrected chi connectivity index (χ1v) is 14.1. The number of nitrogens with zero attached hydrogens (tertiary/aromatic N) is 7. The largest absolute Gasteiger partial charge is 0.475 e. The number of rotatable bonds is 5. The summed E-state index contributed by atoms with van der Waals surface area (Å²) in [4.78, 5) is 40.3. The van der Waals surface area contributed by atoms with E-state index in [1.165, 1.54) is 0 Å². The highest BCUT2D eigenvalue weighted by Gasteiger charge is 2.42. The molecule has 12 heteroatoms. The lowest BCUT2D eigenvalue weighted by Gasteiger charge is -2.36. The van der Waals surface area contributed by atoms with Crippen LogP contribution in [0.5, 0.6) is 5.88 Å². The van der Waals surface area contributed by atoms with Gasteiger partial charge in [-0.2, -0.15) is 5.10 Å². The number of pyridine rings is 1. The molecule has 5 heterocycles. The number of piperazine rings is 1. The molecule has 220 valence electrons. The molecular formula is C29H39N7O5. The van der Waals surface area contributed by atoms with E-state index in [2.05, 4.69) is 15.0 Å². The second-order valence-electron chi connectivity index (χ2n) is 12.1. The van der Waals surface area contributed by atoms with E-state index in [1.807, 2.05) is 65.9 Å². The summed E-state index contributed by atoms with van der Waals surface area (Å²) in [6, 6.07) is 5.75. The Bertz CT molecular complexity index is 1410. The minimum atomic E-state index is -0.749. The van der Waals surface area contributed by atoms with E-state index in [1.54, 1.807) is 26.7 Å². The van der Waals surface area contributed by atoms with Gasteiger partial charge in [0.2, 0.25) is 5.88 Å². The highest BCUT2D eigenvalue weighted by molar-refractivity contribution is 5.80. The van der Waals surface area contributed by atoms with Crippen LogP contribution in [-0.2, 0) is 9.47 Å². The van der Waals surface area contributed by atoms with Crippen LogP contribution in [0.15, 0.2) is 36.8 Å². The Kier molecular flexibility index (Phi) is 7.67. The van der Waals surface area contributed by atoms with E-state index in [0.717, 1.165) is 16.9 Å². The molecule has 41 heavy (non-hydrogen) atoms. The van der Waals surface area contributed by atoms with Gasteiger partial charge in [-0.25, -0.2) is 24.1 Å². The maximum absolute atomic E-state index is 13.1. The lowest BCUT2D eigenvalue weighted by atomic mass is 10.1. The number of carbonyl (C=O) groups excluding carboxylic acids is 2. The van der Waals surface area contributed by atoms with Crippen LogP contribution in [0.1, 0.15) is 48.0 Å². The molecule has 0 aliphatic carbocycles. The molecule has 12 nitrogen and oxygen atoms in total. The Balaban J connectivity index is 1.22. The zero-order valence-corrected chi connectivity index (χ0v) is 24.7. The van der Waals surface area contributed by atoms with E-state index in [0.29, 0.717) is 57.2 Å². The summed E-state index contributed by atoms with van der Waals surface area (Å²) in [6.07, 6.45) is 5.17. The molecule has 1 atom stereocenters. The number of carbonyl (C=O) groups is 2. The number of amides is 2. The maximum atomic E-state index is 13.1. The fourth-order valence-electron chi connectivity index (χ4n) is 5.03.